The largest absolute Gasteiger partial charge is 0.497 e. The Morgan fingerprint density at radius 2 is 1.88 bits per heavy atom. The van der Waals surface area contributed by atoms with Gasteiger partial charge in [0.1, 0.15) is 11.5 Å². The summed E-state index contributed by atoms with van der Waals surface area (Å²) < 4.78 is 22.3. The zero-order chi connectivity index (χ0) is 22.1. The van der Waals surface area contributed by atoms with Crippen molar-refractivity contribution in [3.05, 3.63) is 23.8 Å². The molecule has 8 nitrogen and oxygen atoms in total. The molecule has 2 aliphatic rings. The lowest BCUT2D eigenvalue weighted by molar-refractivity contribution is -0.0367. The van der Waals surface area contributed by atoms with Crippen LogP contribution in [-0.2, 0) is 9.47 Å². The number of aliphatic hydroxyl groups is 1. The maximum absolute atomic E-state index is 10.7. The van der Waals surface area contributed by atoms with Gasteiger partial charge in [0.15, 0.2) is 5.96 Å². The second kappa shape index (κ2) is 14.1. The minimum Gasteiger partial charge on any atom is -0.497 e. The second-order valence-electron chi connectivity index (χ2n) is 8.01. The van der Waals surface area contributed by atoms with Crippen LogP contribution in [0.1, 0.15) is 44.3 Å². The SMILES string of the molecule is CCNC(=NCC(O)c1cc(OC)cc(OC)c1)N1CCC(OCC2CCCO2)CC1.I. The first-order chi connectivity index (χ1) is 15.1. The average molecular weight is 563 g/mol. The molecule has 1 aromatic carbocycles. The quantitative estimate of drug-likeness (QED) is 0.272. The van der Waals surface area contributed by atoms with E-state index >= 15 is 0 Å². The zero-order valence-corrected chi connectivity index (χ0v) is 21.7. The van der Waals surface area contributed by atoms with Crippen LogP contribution in [-0.4, -0.2) is 81.8 Å². The fraction of sp³-hybridized carbons (Fsp3) is 0.696. The third-order valence-electron chi connectivity index (χ3n) is 5.79. The van der Waals surface area contributed by atoms with Crippen molar-refractivity contribution in [3.63, 3.8) is 0 Å². The minimum absolute atomic E-state index is 0. The number of benzene rings is 1. The number of aliphatic imine (C=N–C) groups is 1. The summed E-state index contributed by atoms with van der Waals surface area (Å²) in [7, 11) is 3.20. The van der Waals surface area contributed by atoms with E-state index in [0.29, 0.717) is 18.1 Å². The van der Waals surface area contributed by atoms with Crippen LogP contribution in [0.4, 0.5) is 0 Å². The van der Waals surface area contributed by atoms with E-state index in [4.69, 9.17) is 23.9 Å². The lowest BCUT2D eigenvalue weighted by Crippen LogP contribution is -2.47. The predicted octanol–water partition coefficient (Wildman–Crippen LogP) is 2.98. The van der Waals surface area contributed by atoms with Crippen LogP contribution in [0, 0.1) is 0 Å². The molecule has 2 heterocycles. The number of hydrogen-bond acceptors (Lipinski definition) is 6. The molecule has 2 aliphatic heterocycles. The lowest BCUT2D eigenvalue weighted by Gasteiger charge is -2.34. The molecule has 0 bridgehead atoms. The van der Waals surface area contributed by atoms with E-state index in [2.05, 4.69) is 17.1 Å². The van der Waals surface area contributed by atoms with Gasteiger partial charge in [-0.1, -0.05) is 0 Å². The molecule has 0 spiro atoms. The first kappa shape index (κ1) is 26.9. The number of nitrogens with zero attached hydrogens (tertiary/aromatic N) is 2. The van der Waals surface area contributed by atoms with Gasteiger partial charge in [-0.15, -0.1) is 24.0 Å². The number of methoxy groups -OCH3 is 2. The van der Waals surface area contributed by atoms with Gasteiger partial charge in [0.25, 0.3) is 0 Å². The Kier molecular flexibility index (Phi) is 11.8. The van der Waals surface area contributed by atoms with Crippen LogP contribution < -0.4 is 14.8 Å². The van der Waals surface area contributed by atoms with Gasteiger partial charge in [0.2, 0.25) is 0 Å². The van der Waals surface area contributed by atoms with Crippen molar-refractivity contribution < 1.29 is 24.1 Å². The van der Waals surface area contributed by atoms with Gasteiger partial charge in [0, 0.05) is 32.3 Å². The highest BCUT2D eigenvalue weighted by Gasteiger charge is 2.24. The summed E-state index contributed by atoms with van der Waals surface area (Å²) in [5.74, 6) is 2.12. The third-order valence-corrected chi connectivity index (χ3v) is 5.79. The van der Waals surface area contributed by atoms with Crippen molar-refractivity contribution >= 4 is 29.9 Å². The standard InChI is InChI=1S/C23H37N3O5.HI/c1-4-24-23(25-15-22(27)17-12-20(28-2)14-21(13-17)29-3)26-9-7-18(8-10-26)31-16-19-6-5-11-30-19;/h12-14,18-19,22,27H,4-11,15-16H2,1-3H3,(H,24,25);1H. The normalized spacial score (nSPS) is 20.6. The average Bonchev–Trinajstić information content (AvgIpc) is 3.34. The molecule has 2 atom stereocenters. The molecule has 0 amide bonds. The van der Waals surface area contributed by atoms with Gasteiger partial charge in [-0.2, -0.15) is 0 Å². The van der Waals surface area contributed by atoms with Gasteiger partial charge < -0.3 is 34.3 Å². The lowest BCUT2D eigenvalue weighted by atomic mass is 10.1. The molecule has 0 aromatic heterocycles. The van der Waals surface area contributed by atoms with Gasteiger partial charge in [-0.25, -0.2) is 0 Å². The Morgan fingerprint density at radius 3 is 2.44 bits per heavy atom. The predicted molar refractivity (Wildman–Crippen MR) is 135 cm³/mol. The number of likely N-dealkylation sites (tertiary alicyclic amines) is 1. The maximum atomic E-state index is 10.7. The number of ether oxygens (including phenoxy) is 4. The maximum Gasteiger partial charge on any atom is 0.194 e. The van der Waals surface area contributed by atoms with Crippen molar-refractivity contribution in [2.45, 2.75) is 50.9 Å². The summed E-state index contributed by atoms with van der Waals surface area (Å²) in [5, 5.41) is 14.0. The number of nitrogens with one attached hydrogen (secondary N) is 1. The number of guanidine groups is 1. The summed E-state index contributed by atoms with van der Waals surface area (Å²) in [4.78, 5) is 6.94. The summed E-state index contributed by atoms with van der Waals surface area (Å²) in [6.45, 7) is 6.41. The van der Waals surface area contributed by atoms with E-state index in [-0.39, 0.29) is 42.7 Å². The van der Waals surface area contributed by atoms with Crippen molar-refractivity contribution in [3.8, 4) is 11.5 Å². The van der Waals surface area contributed by atoms with Crippen LogP contribution in [0.25, 0.3) is 0 Å². The highest BCUT2D eigenvalue weighted by Crippen LogP contribution is 2.26. The smallest absolute Gasteiger partial charge is 0.194 e. The Labute approximate surface area is 208 Å². The van der Waals surface area contributed by atoms with E-state index in [1.165, 1.54) is 0 Å². The monoisotopic (exact) mass is 563 g/mol. The summed E-state index contributed by atoms with van der Waals surface area (Å²) in [5.41, 5.74) is 0.719. The number of piperidine rings is 1. The Hall–Kier alpha value is -1.30. The van der Waals surface area contributed by atoms with E-state index in [1.54, 1.807) is 20.3 Å². The molecule has 2 N–H and O–H groups in total. The number of halogens is 1. The molecule has 0 radical (unpaired) electrons. The zero-order valence-electron chi connectivity index (χ0n) is 19.4. The second-order valence-corrected chi connectivity index (χ2v) is 8.01. The molecular formula is C23H38IN3O5. The fourth-order valence-corrected chi connectivity index (χ4v) is 3.98. The topological polar surface area (TPSA) is 84.8 Å². The first-order valence-electron chi connectivity index (χ1n) is 11.3. The molecule has 2 fully saturated rings. The van der Waals surface area contributed by atoms with Gasteiger partial charge in [-0.05, 0) is 50.3 Å². The van der Waals surface area contributed by atoms with E-state index in [1.807, 2.05) is 12.1 Å². The first-order valence-corrected chi connectivity index (χ1v) is 11.3. The fourth-order valence-electron chi connectivity index (χ4n) is 3.98. The Bertz CT molecular complexity index is 685. The summed E-state index contributed by atoms with van der Waals surface area (Å²) >= 11 is 0. The van der Waals surface area contributed by atoms with Gasteiger partial charge in [0.05, 0.1) is 45.7 Å². The molecule has 32 heavy (non-hydrogen) atoms. The van der Waals surface area contributed by atoms with Crippen LogP contribution in [0.5, 0.6) is 11.5 Å². The Balaban J connectivity index is 0.00000363. The van der Waals surface area contributed by atoms with E-state index < -0.39 is 6.10 Å². The van der Waals surface area contributed by atoms with Crippen molar-refractivity contribution in [1.82, 2.24) is 10.2 Å². The molecule has 2 saturated heterocycles. The molecule has 1 aromatic rings. The van der Waals surface area contributed by atoms with Crippen molar-refractivity contribution in [2.24, 2.45) is 4.99 Å². The highest BCUT2D eigenvalue weighted by atomic mass is 127. The molecule has 2 unspecified atom stereocenters. The summed E-state index contributed by atoms with van der Waals surface area (Å²) in [6, 6.07) is 5.41. The van der Waals surface area contributed by atoms with Gasteiger partial charge >= 0.3 is 0 Å². The van der Waals surface area contributed by atoms with Crippen LogP contribution in [0.15, 0.2) is 23.2 Å². The molecule has 0 saturated carbocycles. The van der Waals surface area contributed by atoms with E-state index in [0.717, 1.165) is 63.4 Å². The summed E-state index contributed by atoms with van der Waals surface area (Å²) in [6.07, 6.45) is 3.98. The molecule has 182 valence electrons. The van der Waals surface area contributed by atoms with Crippen molar-refractivity contribution in [1.29, 1.82) is 0 Å². The van der Waals surface area contributed by atoms with Crippen molar-refractivity contribution in [2.75, 3.05) is 53.6 Å². The van der Waals surface area contributed by atoms with Crippen LogP contribution in [0.2, 0.25) is 0 Å². The van der Waals surface area contributed by atoms with Crippen LogP contribution in [0.3, 0.4) is 0 Å². The molecular weight excluding hydrogens is 525 g/mol. The molecule has 0 aliphatic carbocycles. The number of hydrogen-bond donors (Lipinski definition) is 2. The molecule has 9 heteroatoms. The molecule has 3 rings (SSSR count). The van der Waals surface area contributed by atoms with Gasteiger partial charge in [-0.3, -0.25) is 4.99 Å². The van der Waals surface area contributed by atoms with Crippen LogP contribution >= 0.6 is 24.0 Å². The number of rotatable bonds is 9. The van der Waals surface area contributed by atoms with E-state index in [9.17, 15) is 5.11 Å². The number of aliphatic hydroxyl groups excluding tert-OH is 1. The minimum atomic E-state index is -0.745. The highest BCUT2D eigenvalue weighted by molar-refractivity contribution is 14.0. The third kappa shape index (κ3) is 7.93. The Morgan fingerprint density at radius 1 is 1.19 bits per heavy atom.